The lowest BCUT2D eigenvalue weighted by molar-refractivity contribution is -0.136. The fourth-order valence-corrected chi connectivity index (χ4v) is 6.46. The van der Waals surface area contributed by atoms with Crippen molar-refractivity contribution >= 4 is 15.7 Å². The first-order chi connectivity index (χ1) is 15.7. The molecule has 2 aromatic rings. The van der Waals surface area contributed by atoms with Crippen LogP contribution in [0.3, 0.4) is 0 Å². The van der Waals surface area contributed by atoms with Gasteiger partial charge in [-0.1, -0.05) is 18.2 Å². The third-order valence-electron chi connectivity index (χ3n) is 6.89. The molecule has 1 unspecified atom stereocenters. The van der Waals surface area contributed by atoms with Crippen molar-refractivity contribution < 1.29 is 26.4 Å². The summed E-state index contributed by atoms with van der Waals surface area (Å²) in [7, 11) is -3.54. The fourth-order valence-electron chi connectivity index (χ4n) is 5.21. The number of carbonyl (C=O) groups is 1. The van der Waals surface area contributed by atoms with E-state index >= 15 is 0 Å². The molecule has 2 fully saturated rings. The molecule has 0 spiro atoms. The van der Waals surface area contributed by atoms with Crippen molar-refractivity contribution in [1.29, 1.82) is 0 Å². The molecule has 0 radical (unpaired) electrons. The van der Waals surface area contributed by atoms with Crippen molar-refractivity contribution in [2.24, 2.45) is 11.7 Å². The highest BCUT2D eigenvalue weighted by atomic mass is 32.2. The number of nitrogens with two attached hydrogens (primary N) is 1. The minimum Gasteiger partial charge on any atom is -0.337 e. The van der Waals surface area contributed by atoms with Crippen LogP contribution < -0.4 is 5.73 Å². The van der Waals surface area contributed by atoms with Crippen molar-refractivity contribution in [1.82, 2.24) is 4.90 Å². The van der Waals surface area contributed by atoms with Gasteiger partial charge in [-0.3, -0.25) is 4.79 Å². The molecule has 5 nitrogen and oxygen atoms in total. The zero-order valence-corrected chi connectivity index (χ0v) is 18.9. The molecule has 2 heterocycles. The number of rotatable bonds is 7. The Morgan fingerprint density at radius 1 is 1.00 bits per heavy atom. The van der Waals surface area contributed by atoms with E-state index in [1.165, 1.54) is 12.1 Å². The minimum atomic E-state index is -3.54. The zero-order valence-electron chi connectivity index (χ0n) is 18.1. The summed E-state index contributed by atoms with van der Waals surface area (Å²) in [6.45, 7) is 0. The second-order valence-electron chi connectivity index (χ2n) is 9.03. The summed E-state index contributed by atoms with van der Waals surface area (Å²) < 4.78 is 65.8. The molecule has 2 bridgehead atoms. The molecule has 2 N–H and O–H groups in total. The lowest BCUT2D eigenvalue weighted by Gasteiger charge is -2.41. The summed E-state index contributed by atoms with van der Waals surface area (Å²) in [5, 5.41) is 0. The lowest BCUT2D eigenvalue weighted by Crippen LogP contribution is -2.50. The van der Waals surface area contributed by atoms with E-state index in [9.17, 15) is 26.4 Å². The van der Waals surface area contributed by atoms with E-state index in [2.05, 4.69) is 0 Å². The predicted molar refractivity (Wildman–Crippen MR) is 117 cm³/mol. The maximum Gasteiger partial charge on any atom is 0.224 e. The summed E-state index contributed by atoms with van der Waals surface area (Å²) in [6, 6.07) is 8.92. The van der Waals surface area contributed by atoms with Crippen LogP contribution in [0.2, 0.25) is 0 Å². The van der Waals surface area contributed by atoms with Gasteiger partial charge >= 0.3 is 0 Å². The largest absolute Gasteiger partial charge is 0.337 e. The predicted octanol–water partition coefficient (Wildman–Crippen LogP) is 3.61. The van der Waals surface area contributed by atoms with Crippen LogP contribution in [0.25, 0.3) is 0 Å². The number of amides is 1. The van der Waals surface area contributed by atoms with Gasteiger partial charge in [0, 0.05) is 30.6 Å². The van der Waals surface area contributed by atoms with Gasteiger partial charge in [0.05, 0.1) is 10.6 Å². The van der Waals surface area contributed by atoms with Gasteiger partial charge in [0.25, 0.3) is 0 Å². The second-order valence-corrected chi connectivity index (χ2v) is 11.1. The average molecular weight is 481 g/mol. The maximum atomic E-state index is 14.0. The van der Waals surface area contributed by atoms with Gasteiger partial charge < -0.3 is 10.6 Å². The third-order valence-corrected chi connectivity index (χ3v) is 8.63. The first-order valence-electron chi connectivity index (χ1n) is 11.1. The first kappa shape index (κ1) is 23.8. The highest BCUT2D eigenvalue weighted by Gasteiger charge is 2.44. The second kappa shape index (κ2) is 9.46. The number of halogens is 3. The van der Waals surface area contributed by atoms with Gasteiger partial charge in [-0.15, -0.1) is 0 Å². The Morgan fingerprint density at radius 2 is 1.61 bits per heavy atom. The maximum absolute atomic E-state index is 14.0. The molecule has 4 rings (SSSR count). The Bertz CT molecular complexity index is 1110. The van der Waals surface area contributed by atoms with Crippen molar-refractivity contribution in [3.63, 3.8) is 0 Å². The number of sulfone groups is 1. The molecule has 178 valence electrons. The minimum absolute atomic E-state index is 0.00659. The lowest BCUT2D eigenvalue weighted by atomic mass is 9.82. The van der Waals surface area contributed by atoms with Crippen LogP contribution in [0.5, 0.6) is 0 Å². The molecular weight excluding hydrogens is 453 g/mol. The number of piperidine rings is 1. The standard InChI is InChI=1S/C24H27F3N2O3S/c25-20-14-22(27)21(26)12-15(20)13-23(28)16-10-17-6-7-18(11-16)29(17)24(30)8-9-33(31,32)19-4-2-1-3-5-19/h1-5,12,14,16-18,23H,6-11,13,28H2/t16-,17-,18?,23+/m0/s1. The highest BCUT2D eigenvalue weighted by Crippen LogP contribution is 2.40. The molecule has 0 saturated carbocycles. The summed E-state index contributed by atoms with van der Waals surface area (Å²) in [4.78, 5) is 14.9. The third kappa shape index (κ3) is 5.09. The summed E-state index contributed by atoms with van der Waals surface area (Å²) in [5.74, 6) is -3.58. The van der Waals surface area contributed by atoms with Crippen LogP contribution in [0.1, 0.15) is 37.7 Å². The Balaban J connectivity index is 1.37. The van der Waals surface area contributed by atoms with Crippen LogP contribution in [0.4, 0.5) is 13.2 Å². The zero-order chi connectivity index (χ0) is 23.8. The average Bonchev–Trinajstić information content (AvgIpc) is 3.05. The Kier molecular flexibility index (Phi) is 6.81. The molecule has 2 aliphatic heterocycles. The molecule has 1 amide bonds. The first-order valence-corrected chi connectivity index (χ1v) is 12.8. The fraction of sp³-hybridized carbons (Fsp3) is 0.458. The van der Waals surface area contributed by atoms with Gasteiger partial charge in [0.1, 0.15) is 5.82 Å². The van der Waals surface area contributed by atoms with Crippen molar-refractivity contribution in [3.8, 4) is 0 Å². The molecule has 2 aromatic carbocycles. The smallest absolute Gasteiger partial charge is 0.224 e. The topological polar surface area (TPSA) is 80.5 Å². The van der Waals surface area contributed by atoms with E-state index in [0.29, 0.717) is 18.9 Å². The molecule has 2 saturated heterocycles. The normalized spacial score (nSPS) is 23.5. The summed E-state index contributed by atoms with van der Waals surface area (Å²) in [5.41, 5.74) is 6.37. The molecule has 9 heteroatoms. The monoisotopic (exact) mass is 480 g/mol. The van der Waals surface area contributed by atoms with Gasteiger partial charge in [-0.05, 0) is 61.8 Å². The van der Waals surface area contributed by atoms with Gasteiger partial charge in [0.15, 0.2) is 21.5 Å². The molecule has 0 aromatic heterocycles. The van der Waals surface area contributed by atoms with Crippen molar-refractivity contribution in [3.05, 3.63) is 65.5 Å². The number of hydrogen-bond acceptors (Lipinski definition) is 4. The number of benzene rings is 2. The van der Waals surface area contributed by atoms with E-state index in [4.69, 9.17) is 5.73 Å². The number of carbonyl (C=O) groups excluding carboxylic acids is 1. The van der Waals surface area contributed by atoms with E-state index in [1.807, 2.05) is 4.90 Å². The SMILES string of the molecule is N[C@H](Cc1cc(F)c(F)cc1F)[C@@H]1CC2CC[C@@H](C1)N2C(=O)CCS(=O)(=O)c1ccccc1. The van der Waals surface area contributed by atoms with E-state index < -0.39 is 33.3 Å². The molecule has 4 atom stereocenters. The van der Waals surface area contributed by atoms with E-state index in [1.54, 1.807) is 18.2 Å². The molecule has 0 aliphatic carbocycles. The Labute approximate surface area is 191 Å². The summed E-state index contributed by atoms with van der Waals surface area (Å²) >= 11 is 0. The van der Waals surface area contributed by atoms with Crippen LogP contribution in [-0.2, 0) is 21.1 Å². The van der Waals surface area contributed by atoms with Crippen molar-refractivity contribution in [2.45, 2.75) is 61.5 Å². The van der Waals surface area contributed by atoms with Gasteiger partial charge in [-0.25, -0.2) is 21.6 Å². The number of hydrogen-bond donors (Lipinski definition) is 1. The molecule has 33 heavy (non-hydrogen) atoms. The van der Waals surface area contributed by atoms with E-state index in [-0.39, 0.29) is 53.0 Å². The van der Waals surface area contributed by atoms with Crippen molar-refractivity contribution in [2.75, 3.05) is 5.75 Å². The van der Waals surface area contributed by atoms with Crippen LogP contribution >= 0.6 is 0 Å². The van der Waals surface area contributed by atoms with E-state index in [0.717, 1.165) is 18.9 Å². The van der Waals surface area contributed by atoms with Gasteiger partial charge in [0.2, 0.25) is 5.91 Å². The highest BCUT2D eigenvalue weighted by molar-refractivity contribution is 7.91. The Morgan fingerprint density at radius 3 is 2.24 bits per heavy atom. The van der Waals surface area contributed by atoms with Crippen LogP contribution in [0, 0.1) is 23.4 Å². The Hall–Kier alpha value is -2.39. The molecular formula is C24H27F3N2O3S. The van der Waals surface area contributed by atoms with Crippen LogP contribution in [-0.4, -0.2) is 43.1 Å². The summed E-state index contributed by atoms with van der Waals surface area (Å²) in [6.07, 6.45) is 2.87. The number of nitrogens with zero attached hydrogens (tertiary/aromatic N) is 1. The number of fused-ring (bicyclic) bond motifs is 2. The van der Waals surface area contributed by atoms with Crippen LogP contribution in [0.15, 0.2) is 47.4 Å². The molecule has 2 aliphatic rings. The quantitative estimate of drug-likeness (QED) is 0.614. The van der Waals surface area contributed by atoms with Gasteiger partial charge in [-0.2, -0.15) is 0 Å².